The van der Waals surface area contributed by atoms with Gasteiger partial charge in [-0.05, 0) is 44.5 Å². The number of aryl methyl sites for hydroxylation is 1. The number of nitrogens with one attached hydrogen (secondary N) is 1. The first-order chi connectivity index (χ1) is 13.8. The lowest BCUT2D eigenvalue weighted by atomic mass is 10.1. The average molecular weight is 417 g/mol. The highest BCUT2D eigenvalue weighted by atomic mass is 32.2. The molecule has 29 heavy (non-hydrogen) atoms. The van der Waals surface area contributed by atoms with Crippen LogP contribution in [-0.4, -0.2) is 61.3 Å². The van der Waals surface area contributed by atoms with Gasteiger partial charge in [-0.2, -0.15) is 4.72 Å². The number of nitrogens with zero attached hydrogens (tertiary/aromatic N) is 3. The van der Waals surface area contributed by atoms with Crippen molar-refractivity contribution in [2.75, 3.05) is 26.2 Å². The average Bonchev–Trinajstić information content (AvgIpc) is 2.73. The first-order valence-electron chi connectivity index (χ1n) is 9.79. The van der Waals surface area contributed by atoms with Crippen molar-refractivity contribution in [3.63, 3.8) is 0 Å². The van der Waals surface area contributed by atoms with Crippen LogP contribution in [0.3, 0.4) is 0 Å². The van der Waals surface area contributed by atoms with Gasteiger partial charge in [0, 0.05) is 44.6 Å². The predicted octanol–water partition coefficient (Wildman–Crippen LogP) is 1.96. The summed E-state index contributed by atoms with van der Waals surface area (Å²) in [4.78, 5) is 21.2. The largest absolute Gasteiger partial charge is 0.339 e. The van der Waals surface area contributed by atoms with Gasteiger partial charge in [0.15, 0.2) is 0 Å². The Morgan fingerprint density at radius 3 is 2.31 bits per heavy atom. The summed E-state index contributed by atoms with van der Waals surface area (Å²) in [6.07, 6.45) is 3.62. The van der Waals surface area contributed by atoms with Crippen LogP contribution in [0.1, 0.15) is 31.0 Å². The van der Waals surface area contributed by atoms with Crippen LogP contribution in [0, 0.1) is 6.92 Å². The van der Waals surface area contributed by atoms with Gasteiger partial charge in [-0.3, -0.25) is 14.7 Å². The summed E-state index contributed by atoms with van der Waals surface area (Å²) in [5.74, 6) is -0.200. The van der Waals surface area contributed by atoms with Crippen molar-refractivity contribution in [1.82, 2.24) is 19.5 Å². The molecule has 0 bridgehead atoms. The fourth-order valence-electron chi connectivity index (χ4n) is 3.51. The highest BCUT2D eigenvalue weighted by Gasteiger charge is 2.29. The minimum Gasteiger partial charge on any atom is -0.339 e. The Kier molecular flexibility index (Phi) is 6.66. The van der Waals surface area contributed by atoms with Crippen LogP contribution >= 0.6 is 0 Å². The number of benzene rings is 1. The molecule has 0 radical (unpaired) electrons. The van der Waals surface area contributed by atoms with Crippen LogP contribution in [0.4, 0.5) is 0 Å². The molecule has 1 amide bonds. The molecule has 7 nitrogen and oxygen atoms in total. The van der Waals surface area contributed by atoms with E-state index in [1.165, 1.54) is 0 Å². The number of piperazine rings is 1. The first kappa shape index (κ1) is 21.4. The first-order valence-corrected chi connectivity index (χ1v) is 11.3. The molecular weight excluding hydrogens is 388 g/mol. The van der Waals surface area contributed by atoms with Gasteiger partial charge in [-0.25, -0.2) is 8.42 Å². The van der Waals surface area contributed by atoms with Crippen molar-refractivity contribution in [2.24, 2.45) is 0 Å². The molecule has 1 aromatic carbocycles. The third kappa shape index (κ3) is 5.20. The molecule has 1 N–H and O–H groups in total. The predicted molar refractivity (Wildman–Crippen MR) is 112 cm³/mol. The Balaban J connectivity index is 1.56. The zero-order chi connectivity index (χ0) is 21.0. The van der Waals surface area contributed by atoms with E-state index in [-0.39, 0.29) is 16.8 Å². The Morgan fingerprint density at radius 2 is 1.72 bits per heavy atom. The molecule has 0 saturated carbocycles. The van der Waals surface area contributed by atoms with Gasteiger partial charge in [0.05, 0.1) is 10.9 Å². The maximum Gasteiger partial charge on any atom is 0.241 e. The lowest BCUT2D eigenvalue weighted by Gasteiger charge is -2.39. The van der Waals surface area contributed by atoms with Gasteiger partial charge >= 0.3 is 0 Å². The summed E-state index contributed by atoms with van der Waals surface area (Å²) in [6, 6.07) is 9.96. The number of pyridine rings is 1. The minimum absolute atomic E-state index is 0.165. The monoisotopic (exact) mass is 416 g/mol. The second-order valence-electron chi connectivity index (χ2n) is 7.48. The van der Waals surface area contributed by atoms with Gasteiger partial charge in [-0.15, -0.1) is 0 Å². The number of aromatic nitrogens is 1. The van der Waals surface area contributed by atoms with Gasteiger partial charge in [0.2, 0.25) is 15.9 Å². The quantitative estimate of drug-likeness (QED) is 0.778. The molecule has 1 unspecified atom stereocenters. The molecule has 0 spiro atoms. The van der Waals surface area contributed by atoms with E-state index in [9.17, 15) is 13.2 Å². The molecule has 8 heteroatoms. The van der Waals surface area contributed by atoms with Crippen molar-refractivity contribution in [2.45, 2.75) is 37.8 Å². The van der Waals surface area contributed by atoms with E-state index in [0.717, 1.165) is 24.2 Å². The van der Waals surface area contributed by atoms with Gasteiger partial charge < -0.3 is 4.90 Å². The molecule has 1 aliphatic heterocycles. The summed E-state index contributed by atoms with van der Waals surface area (Å²) < 4.78 is 27.6. The summed E-state index contributed by atoms with van der Waals surface area (Å²) in [7, 11) is -3.74. The van der Waals surface area contributed by atoms with E-state index < -0.39 is 16.1 Å². The highest BCUT2D eigenvalue weighted by Crippen LogP contribution is 2.21. The van der Waals surface area contributed by atoms with Crippen molar-refractivity contribution >= 4 is 15.9 Å². The molecule has 1 saturated heterocycles. The SMILES string of the molecule is Cc1ccc(S(=O)(=O)N[C@@H](C)C(=O)N2CCN(C(C)c3cccnc3)CC2)cc1. The van der Waals surface area contributed by atoms with E-state index in [0.29, 0.717) is 13.1 Å². The number of hydrogen-bond donors (Lipinski definition) is 1. The van der Waals surface area contributed by atoms with E-state index in [2.05, 4.69) is 27.6 Å². The lowest BCUT2D eigenvalue weighted by Crippen LogP contribution is -2.54. The van der Waals surface area contributed by atoms with Crippen molar-refractivity contribution in [3.8, 4) is 0 Å². The topological polar surface area (TPSA) is 82.6 Å². The van der Waals surface area contributed by atoms with E-state index in [1.807, 2.05) is 19.2 Å². The number of sulfonamides is 1. The third-order valence-electron chi connectivity index (χ3n) is 5.37. The molecule has 1 aromatic heterocycles. The Morgan fingerprint density at radius 1 is 1.07 bits per heavy atom. The minimum atomic E-state index is -3.74. The molecular formula is C21H28N4O3S. The van der Waals surface area contributed by atoms with Crippen LogP contribution in [0.25, 0.3) is 0 Å². The van der Waals surface area contributed by atoms with Crippen LogP contribution in [0.5, 0.6) is 0 Å². The van der Waals surface area contributed by atoms with Crippen LogP contribution in [-0.2, 0) is 14.8 Å². The van der Waals surface area contributed by atoms with Gasteiger partial charge in [0.25, 0.3) is 0 Å². The number of rotatable bonds is 6. The van der Waals surface area contributed by atoms with E-state index in [1.54, 1.807) is 42.3 Å². The van der Waals surface area contributed by atoms with Gasteiger partial charge in [0.1, 0.15) is 0 Å². The van der Waals surface area contributed by atoms with Crippen LogP contribution in [0.2, 0.25) is 0 Å². The molecule has 2 aromatic rings. The second kappa shape index (κ2) is 9.02. The number of carbonyl (C=O) groups excluding carboxylic acids is 1. The maximum absolute atomic E-state index is 12.8. The number of carbonyl (C=O) groups is 1. The summed E-state index contributed by atoms with van der Waals surface area (Å²) >= 11 is 0. The summed E-state index contributed by atoms with van der Waals surface area (Å²) in [5, 5.41) is 0. The summed E-state index contributed by atoms with van der Waals surface area (Å²) in [6.45, 7) is 8.23. The molecule has 2 heterocycles. The van der Waals surface area contributed by atoms with Gasteiger partial charge in [-0.1, -0.05) is 23.8 Å². The summed E-state index contributed by atoms with van der Waals surface area (Å²) in [5.41, 5.74) is 2.12. The number of hydrogen-bond acceptors (Lipinski definition) is 5. The normalized spacial score (nSPS) is 17.7. The molecule has 1 fully saturated rings. The Hall–Kier alpha value is -2.29. The Bertz CT molecular complexity index is 924. The third-order valence-corrected chi connectivity index (χ3v) is 6.93. The Labute approximate surface area is 172 Å². The standard InChI is InChI=1S/C21H28N4O3S/c1-16-6-8-20(9-7-16)29(27,28)23-17(2)21(26)25-13-11-24(12-14-25)18(3)19-5-4-10-22-15-19/h4-10,15,17-18,23H,11-14H2,1-3H3/t17-,18?/m0/s1. The lowest BCUT2D eigenvalue weighted by molar-refractivity contribution is -0.134. The van der Waals surface area contributed by atoms with E-state index >= 15 is 0 Å². The van der Waals surface area contributed by atoms with Crippen molar-refractivity contribution in [3.05, 3.63) is 59.9 Å². The number of amides is 1. The van der Waals surface area contributed by atoms with E-state index in [4.69, 9.17) is 0 Å². The van der Waals surface area contributed by atoms with Crippen molar-refractivity contribution in [1.29, 1.82) is 0 Å². The molecule has 0 aliphatic carbocycles. The second-order valence-corrected chi connectivity index (χ2v) is 9.19. The maximum atomic E-state index is 12.8. The fourth-order valence-corrected chi connectivity index (χ4v) is 4.70. The zero-order valence-electron chi connectivity index (χ0n) is 17.1. The smallest absolute Gasteiger partial charge is 0.241 e. The molecule has 1 aliphatic rings. The zero-order valence-corrected chi connectivity index (χ0v) is 17.9. The molecule has 3 rings (SSSR count). The fraction of sp³-hybridized carbons (Fsp3) is 0.429. The molecule has 156 valence electrons. The molecule has 2 atom stereocenters. The van der Waals surface area contributed by atoms with Crippen LogP contribution in [0.15, 0.2) is 53.7 Å². The van der Waals surface area contributed by atoms with Crippen LogP contribution < -0.4 is 4.72 Å². The highest BCUT2D eigenvalue weighted by molar-refractivity contribution is 7.89. The van der Waals surface area contributed by atoms with Crippen molar-refractivity contribution < 1.29 is 13.2 Å².